The molecule has 3 nitrogen and oxygen atoms in total. The quantitative estimate of drug-likeness (QED) is 0.522. The van der Waals surface area contributed by atoms with Crippen molar-refractivity contribution in [2.24, 2.45) is 0 Å². The highest BCUT2D eigenvalue weighted by Crippen LogP contribution is 2.33. The van der Waals surface area contributed by atoms with Crippen LogP contribution in [0.1, 0.15) is 6.92 Å². The molecule has 2 amide bonds. The van der Waals surface area contributed by atoms with E-state index in [4.69, 9.17) is 0 Å². The smallest absolute Gasteiger partial charge is 0.263 e. The predicted octanol–water partition coefficient (Wildman–Crippen LogP) is 3.75. The van der Waals surface area contributed by atoms with Gasteiger partial charge in [-0.3, -0.25) is 9.59 Å². The zero-order valence-electron chi connectivity index (χ0n) is 9.28. The van der Waals surface area contributed by atoms with Gasteiger partial charge in [0.05, 0.1) is 11.3 Å². The van der Waals surface area contributed by atoms with E-state index < -0.39 is 0 Å². The van der Waals surface area contributed by atoms with E-state index >= 15 is 0 Å². The van der Waals surface area contributed by atoms with Gasteiger partial charge in [0.15, 0.2) is 0 Å². The second kappa shape index (κ2) is 5.27. The van der Waals surface area contributed by atoms with Crippen molar-refractivity contribution >= 4 is 65.3 Å². The Labute approximate surface area is 130 Å². The molecular formula is C12H8Br3NO2. The summed E-state index contributed by atoms with van der Waals surface area (Å²) in [5.74, 6) is -0.570. The maximum absolute atomic E-state index is 12.2. The van der Waals surface area contributed by atoms with E-state index in [2.05, 4.69) is 47.8 Å². The summed E-state index contributed by atoms with van der Waals surface area (Å²) in [7, 11) is 0. The number of rotatable bonds is 2. The maximum atomic E-state index is 12.2. The second-order valence-electron chi connectivity index (χ2n) is 3.76. The van der Waals surface area contributed by atoms with Crippen molar-refractivity contribution in [3.8, 4) is 0 Å². The van der Waals surface area contributed by atoms with Gasteiger partial charge in [-0.2, -0.15) is 0 Å². The first kappa shape index (κ1) is 14.0. The van der Waals surface area contributed by atoms with Gasteiger partial charge in [0, 0.05) is 10.0 Å². The summed E-state index contributed by atoms with van der Waals surface area (Å²) in [4.78, 5) is 25.5. The number of hydrogen-bond donors (Lipinski definition) is 0. The Morgan fingerprint density at radius 2 is 1.61 bits per heavy atom. The molecule has 1 aliphatic rings. The predicted molar refractivity (Wildman–Crippen MR) is 81.0 cm³/mol. The molecule has 0 saturated carbocycles. The van der Waals surface area contributed by atoms with E-state index in [-0.39, 0.29) is 15.6 Å². The summed E-state index contributed by atoms with van der Waals surface area (Å²) in [5.41, 5.74) is 1.48. The van der Waals surface area contributed by atoms with E-state index in [1.54, 1.807) is 31.2 Å². The molecule has 0 aromatic heterocycles. The second-order valence-corrected chi connectivity index (χ2v) is 7.74. The summed E-state index contributed by atoms with van der Waals surface area (Å²) in [6.07, 6.45) is 0. The average molecular weight is 438 g/mol. The molecule has 6 heteroatoms. The lowest BCUT2D eigenvalue weighted by Crippen LogP contribution is -2.31. The lowest BCUT2D eigenvalue weighted by Gasteiger charge is -2.15. The van der Waals surface area contributed by atoms with Gasteiger partial charge in [0.25, 0.3) is 11.8 Å². The van der Waals surface area contributed by atoms with Gasteiger partial charge < -0.3 is 0 Å². The summed E-state index contributed by atoms with van der Waals surface area (Å²) < 4.78 is 0.580. The van der Waals surface area contributed by atoms with Crippen molar-refractivity contribution in [3.63, 3.8) is 0 Å². The number of imide groups is 1. The largest absolute Gasteiger partial charge is 0.269 e. The van der Waals surface area contributed by atoms with Crippen molar-refractivity contribution in [3.05, 3.63) is 39.9 Å². The van der Waals surface area contributed by atoms with Crippen molar-refractivity contribution in [2.45, 2.75) is 10.7 Å². The van der Waals surface area contributed by atoms with Gasteiger partial charge in [-0.15, -0.1) is 0 Å². The zero-order chi connectivity index (χ0) is 13.4. The minimum atomic E-state index is -0.318. The van der Waals surface area contributed by atoms with Crippen LogP contribution in [-0.2, 0) is 9.59 Å². The molecule has 0 saturated heterocycles. The van der Waals surface area contributed by atoms with Crippen molar-refractivity contribution in [2.75, 3.05) is 4.90 Å². The molecule has 0 radical (unpaired) electrons. The fourth-order valence-corrected chi connectivity index (χ4v) is 3.08. The number of benzene rings is 1. The van der Waals surface area contributed by atoms with Gasteiger partial charge in [0.2, 0.25) is 0 Å². The third kappa shape index (κ3) is 2.33. The summed E-state index contributed by atoms with van der Waals surface area (Å²) in [5, 5.41) is 0. The Balaban J connectivity index is 2.42. The molecule has 0 unspecified atom stereocenters. The van der Waals surface area contributed by atoms with Crippen molar-refractivity contribution in [1.29, 1.82) is 0 Å². The standard InChI is InChI=1S/C12H8Br3NO2/c1-6-9(10(14)15)12(18)16(11(6)17)8-4-2-7(13)3-5-8/h2-5,10H,1H3. The highest BCUT2D eigenvalue weighted by Gasteiger charge is 2.38. The van der Waals surface area contributed by atoms with Crippen LogP contribution in [0.4, 0.5) is 5.69 Å². The SMILES string of the molecule is CC1=C(C(Br)Br)C(=O)N(c2ccc(Br)cc2)C1=O. The molecule has 1 aromatic rings. The summed E-state index contributed by atoms with van der Waals surface area (Å²) in [6.45, 7) is 1.66. The molecular weight excluding hydrogens is 430 g/mol. The highest BCUT2D eigenvalue weighted by molar-refractivity contribution is 9.24. The van der Waals surface area contributed by atoms with Crippen LogP contribution in [0.25, 0.3) is 0 Å². The average Bonchev–Trinajstić information content (AvgIpc) is 2.52. The third-order valence-electron chi connectivity index (χ3n) is 2.66. The normalized spacial score (nSPS) is 16.2. The van der Waals surface area contributed by atoms with Crippen LogP contribution in [0, 0.1) is 0 Å². The molecule has 0 bridgehead atoms. The Bertz CT molecular complexity index is 549. The van der Waals surface area contributed by atoms with Crippen LogP contribution in [0.2, 0.25) is 0 Å². The van der Waals surface area contributed by atoms with Gasteiger partial charge in [-0.05, 0) is 31.2 Å². The molecule has 94 valence electrons. The fourth-order valence-electron chi connectivity index (χ4n) is 1.74. The molecule has 2 rings (SSSR count). The number of nitrogens with zero attached hydrogens (tertiary/aromatic N) is 1. The monoisotopic (exact) mass is 435 g/mol. The Morgan fingerprint density at radius 3 is 2.06 bits per heavy atom. The van der Waals surface area contributed by atoms with Crippen LogP contribution < -0.4 is 4.90 Å². The van der Waals surface area contributed by atoms with Gasteiger partial charge in [0.1, 0.15) is 3.74 Å². The summed E-state index contributed by atoms with van der Waals surface area (Å²) in [6, 6.07) is 7.05. The van der Waals surface area contributed by atoms with Crippen LogP contribution in [-0.4, -0.2) is 15.6 Å². The molecule has 1 heterocycles. The van der Waals surface area contributed by atoms with E-state index in [1.807, 2.05) is 0 Å². The van der Waals surface area contributed by atoms with Gasteiger partial charge in [-0.25, -0.2) is 4.90 Å². The first-order chi connectivity index (χ1) is 8.43. The molecule has 0 N–H and O–H groups in total. The number of hydrogen-bond acceptors (Lipinski definition) is 2. The van der Waals surface area contributed by atoms with E-state index in [0.717, 1.165) is 4.47 Å². The minimum Gasteiger partial charge on any atom is -0.269 e. The van der Waals surface area contributed by atoms with Crippen LogP contribution in [0.5, 0.6) is 0 Å². The van der Waals surface area contributed by atoms with Gasteiger partial charge in [-0.1, -0.05) is 47.8 Å². The first-order valence-corrected chi connectivity index (χ1v) is 7.69. The number of anilines is 1. The maximum Gasteiger partial charge on any atom is 0.263 e. The highest BCUT2D eigenvalue weighted by atomic mass is 79.9. The molecule has 0 aliphatic carbocycles. The number of halogens is 3. The number of alkyl halides is 2. The Kier molecular flexibility index (Phi) is 4.08. The molecule has 18 heavy (non-hydrogen) atoms. The minimum absolute atomic E-state index is 0.277. The molecule has 0 spiro atoms. The van der Waals surface area contributed by atoms with Gasteiger partial charge >= 0.3 is 0 Å². The van der Waals surface area contributed by atoms with E-state index in [0.29, 0.717) is 16.8 Å². The Morgan fingerprint density at radius 1 is 1.06 bits per heavy atom. The Hall–Kier alpha value is -0.460. The zero-order valence-corrected chi connectivity index (χ0v) is 14.0. The number of carbonyl (C=O) groups excluding carboxylic acids is 2. The number of amides is 2. The molecule has 0 atom stereocenters. The molecule has 1 aliphatic heterocycles. The van der Waals surface area contributed by atoms with Crippen LogP contribution in [0.15, 0.2) is 39.9 Å². The fraction of sp³-hybridized carbons (Fsp3) is 0.167. The summed E-state index contributed by atoms with van der Waals surface area (Å²) >= 11 is 9.86. The van der Waals surface area contributed by atoms with E-state index in [1.165, 1.54) is 4.90 Å². The lowest BCUT2D eigenvalue weighted by molar-refractivity contribution is -0.120. The first-order valence-electron chi connectivity index (χ1n) is 5.06. The third-order valence-corrected chi connectivity index (χ3v) is 4.11. The van der Waals surface area contributed by atoms with Crippen LogP contribution >= 0.6 is 47.8 Å². The van der Waals surface area contributed by atoms with Crippen molar-refractivity contribution in [1.82, 2.24) is 0 Å². The number of carbonyl (C=O) groups is 2. The lowest BCUT2D eigenvalue weighted by atomic mass is 10.2. The molecule has 0 fully saturated rings. The van der Waals surface area contributed by atoms with Crippen molar-refractivity contribution < 1.29 is 9.59 Å². The van der Waals surface area contributed by atoms with Crippen LogP contribution in [0.3, 0.4) is 0 Å². The topological polar surface area (TPSA) is 37.4 Å². The van der Waals surface area contributed by atoms with E-state index in [9.17, 15) is 9.59 Å². The molecule has 1 aromatic carbocycles.